The van der Waals surface area contributed by atoms with E-state index in [1.165, 1.54) is 32.1 Å². The monoisotopic (exact) mass is 441 g/mol. The highest BCUT2D eigenvalue weighted by atomic mass is 32.1. The van der Waals surface area contributed by atoms with Crippen LogP contribution in [0, 0.1) is 5.92 Å². The molecule has 2 aromatic rings. The van der Waals surface area contributed by atoms with E-state index in [1.54, 1.807) is 11.3 Å². The van der Waals surface area contributed by atoms with Crippen LogP contribution in [0.1, 0.15) is 88.5 Å². The van der Waals surface area contributed by atoms with Crippen LogP contribution in [-0.2, 0) is 11.3 Å². The van der Waals surface area contributed by atoms with E-state index in [9.17, 15) is 9.59 Å². The number of thiophene rings is 1. The first-order valence-corrected chi connectivity index (χ1v) is 13.1. The van der Waals surface area contributed by atoms with E-state index in [0.29, 0.717) is 12.5 Å². The Hall–Kier alpha value is -1.82. The van der Waals surface area contributed by atoms with Crippen LogP contribution in [0.25, 0.3) is 10.2 Å². The van der Waals surface area contributed by atoms with Gasteiger partial charge in [-0.2, -0.15) is 0 Å². The summed E-state index contributed by atoms with van der Waals surface area (Å²) >= 11 is 1.67. The summed E-state index contributed by atoms with van der Waals surface area (Å²) in [4.78, 5) is 29.8. The number of hydrogen-bond acceptors (Lipinski definition) is 3. The third kappa shape index (κ3) is 3.61. The van der Waals surface area contributed by atoms with E-state index in [4.69, 9.17) is 0 Å². The van der Waals surface area contributed by atoms with Crippen LogP contribution in [-0.4, -0.2) is 38.9 Å². The van der Waals surface area contributed by atoms with E-state index in [1.807, 2.05) is 17.9 Å². The molecule has 2 fully saturated rings. The molecule has 2 aromatic heterocycles. The first-order valence-electron chi connectivity index (χ1n) is 12.2. The Morgan fingerprint density at radius 3 is 2.55 bits per heavy atom. The summed E-state index contributed by atoms with van der Waals surface area (Å²) in [6.45, 7) is 4.80. The van der Waals surface area contributed by atoms with Gasteiger partial charge >= 0.3 is 0 Å². The lowest BCUT2D eigenvalue weighted by atomic mass is 9.84. The zero-order valence-electron chi connectivity index (χ0n) is 18.9. The van der Waals surface area contributed by atoms with Crippen LogP contribution in [0.15, 0.2) is 17.5 Å². The molecule has 2 amide bonds. The van der Waals surface area contributed by atoms with Crippen molar-refractivity contribution in [2.45, 2.75) is 102 Å². The quantitative estimate of drug-likeness (QED) is 0.654. The van der Waals surface area contributed by atoms with Crippen molar-refractivity contribution in [2.75, 3.05) is 0 Å². The van der Waals surface area contributed by atoms with E-state index in [2.05, 4.69) is 28.3 Å². The number of aromatic nitrogens is 1. The Balaban J connectivity index is 1.53. The first-order chi connectivity index (χ1) is 15.0. The highest BCUT2D eigenvalue weighted by molar-refractivity contribution is 7.17. The van der Waals surface area contributed by atoms with Gasteiger partial charge in [-0.1, -0.05) is 45.4 Å². The minimum atomic E-state index is -0.857. The second-order valence-electron chi connectivity index (χ2n) is 10.2. The number of fused-ring (bicyclic) bond motifs is 3. The smallest absolute Gasteiger partial charge is 0.271 e. The molecule has 0 radical (unpaired) electrons. The summed E-state index contributed by atoms with van der Waals surface area (Å²) in [6.07, 6.45) is 11.4. The molecule has 2 saturated carbocycles. The van der Waals surface area contributed by atoms with Gasteiger partial charge in [0.15, 0.2) is 0 Å². The summed E-state index contributed by atoms with van der Waals surface area (Å²) in [6, 6.07) is 4.49. The van der Waals surface area contributed by atoms with Gasteiger partial charge in [-0.25, -0.2) is 0 Å². The Bertz CT molecular complexity index is 971. The standard InChI is InChI=1S/C25H35N3O2S/c1-17-9-7-8-12-19(17)26-24(30)25(2)16-27-20-13-14-31-22(20)15-21(27)23(29)28(25)18-10-5-3-4-6-11-18/h13-15,17-19H,3-12,16H2,1-2H3,(H,26,30)/t17-,19-,25-/m1/s1. The fraction of sp³-hybridized carbons (Fsp3) is 0.680. The molecule has 0 saturated heterocycles. The van der Waals surface area contributed by atoms with Crippen molar-refractivity contribution in [1.82, 2.24) is 14.8 Å². The molecule has 3 atom stereocenters. The maximum Gasteiger partial charge on any atom is 0.271 e. The maximum atomic E-state index is 13.9. The van der Waals surface area contributed by atoms with E-state index in [0.717, 1.165) is 48.0 Å². The van der Waals surface area contributed by atoms with Gasteiger partial charge in [0.05, 0.1) is 16.8 Å². The first kappa shape index (κ1) is 21.0. The highest BCUT2D eigenvalue weighted by Crippen LogP contribution is 2.38. The van der Waals surface area contributed by atoms with Gasteiger partial charge in [0.1, 0.15) is 11.2 Å². The number of carbonyl (C=O) groups is 2. The van der Waals surface area contributed by atoms with Crippen molar-refractivity contribution < 1.29 is 9.59 Å². The molecule has 0 aromatic carbocycles. The van der Waals surface area contributed by atoms with Gasteiger partial charge in [0.25, 0.3) is 5.91 Å². The van der Waals surface area contributed by atoms with Crippen molar-refractivity contribution in [2.24, 2.45) is 5.92 Å². The molecule has 1 N–H and O–H groups in total. The third-order valence-electron chi connectivity index (χ3n) is 8.07. The van der Waals surface area contributed by atoms with Gasteiger partial charge in [-0.15, -0.1) is 11.3 Å². The van der Waals surface area contributed by atoms with Crippen LogP contribution in [0.5, 0.6) is 0 Å². The second kappa shape index (κ2) is 8.27. The van der Waals surface area contributed by atoms with Crippen molar-refractivity contribution in [3.8, 4) is 0 Å². The molecular weight excluding hydrogens is 406 g/mol. The molecule has 0 unspecified atom stereocenters. The van der Waals surface area contributed by atoms with Crippen molar-refractivity contribution in [1.29, 1.82) is 0 Å². The topological polar surface area (TPSA) is 54.3 Å². The molecule has 0 spiro atoms. The van der Waals surface area contributed by atoms with Crippen LogP contribution >= 0.6 is 11.3 Å². The highest BCUT2D eigenvalue weighted by Gasteiger charge is 2.50. The Kier molecular flexibility index (Phi) is 5.61. The summed E-state index contributed by atoms with van der Waals surface area (Å²) in [5.41, 5.74) is 0.978. The molecule has 1 aliphatic heterocycles. The predicted octanol–water partition coefficient (Wildman–Crippen LogP) is 5.34. The average molecular weight is 442 g/mol. The molecule has 5 rings (SSSR count). The number of amides is 2. The summed E-state index contributed by atoms with van der Waals surface area (Å²) in [5, 5.41) is 5.48. The molecule has 3 aliphatic rings. The second-order valence-corrected chi connectivity index (χ2v) is 11.2. The summed E-state index contributed by atoms with van der Waals surface area (Å²) < 4.78 is 3.24. The van der Waals surface area contributed by atoms with Crippen molar-refractivity contribution >= 4 is 33.4 Å². The number of hydrogen-bond donors (Lipinski definition) is 1. The van der Waals surface area contributed by atoms with Gasteiger partial charge in [-0.05, 0) is 56.0 Å². The van der Waals surface area contributed by atoms with Crippen LogP contribution in [0.2, 0.25) is 0 Å². The minimum absolute atomic E-state index is 0.0339. The number of carbonyl (C=O) groups excluding carboxylic acids is 2. The Morgan fingerprint density at radius 1 is 1.10 bits per heavy atom. The summed E-state index contributed by atoms with van der Waals surface area (Å²) in [5.74, 6) is 0.570. The molecule has 6 heteroatoms. The lowest BCUT2D eigenvalue weighted by molar-refractivity contribution is -0.135. The fourth-order valence-corrected chi connectivity index (χ4v) is 7.00. The minimum Gasteiger partial charge on any atom is -0.351 e. The normalized spacial score (nSPS) is 30.3. The molecule has 5 nitrogen and oxygen atoms in total. The van der Waals surface area contributed by atoms with Gasteiger partial charge in [0, 0.05) is 12.1 Å². The van der Waals surface area contributed by atoms with E-state index >= 15 is 0 Å². The summed E-state index contributed by atoms with van der Waals surface area (Å²) in [7, 11) is 0. The largest absolute Gasteiger partial charge is 0.351 e. The molecular formula is C25H35N3O2S. The van der Waals surface area contributed by atoms with Crippen LogP contribution in [0.4, 0.5) is 0 Å². The zero-order chi connectivity index (χ0) is 21.6. The average Bonchev–Trinajstić information content (AvgIpc) is 3.23. The van der Waals surface area contributed by atoms with E-state index < -0.39 is 5.54 Å². The number of nitrogens with one attached hydrogen (secondary N) is 1. The Labute approximate surface area is 189 Å². The molecule has 3 heterocycles. The van der Waals surface area contributed by atoms with Gasteiger partial charge in [-0.3, -0.25) is 9.59 Å². The molecule has 168 valence electrons. The zero-order valence-corrected chi connectivity index (χ0v) is 19.7. The number of rotatable bonds is 3. The molecule has 0 bridgehead atoms. The molecule has 2 aliphatic carbocycles. The lowest BCUT2D eigenvalue weighted by Gasteiger charge is -2.48. The fourth-order valence-electron chi connectivity index (χ4n) is 6.18. The Morgan fingerprint density at radius 2 is 1.81 bits per heavy atom. The predicted molar refractivity (Wildman–Crippen MR) is 125 cm³/mol. The number of nitrogens with zero attached hydrogens (tertiary/aromatic N) is 2. The van der Waals surface area contributed by atoms with Gasteiger partial charge < -0.3 is 14.8 Å². The van der Waals surface area contributed by atoms with Gasteiger partial charge in [0.2, 0.25) is 5.91 Å². The van der Waals surface area contributed by atoms with Crippen molar-refractivity contribution in [3.63, 3.8) is 0 Å². The van der Waals surface area contributed by atoms with E-state index in [-0.39, 0.29) is 23.9 Å². The molecule has 31 heavy (non-hydrogen) atoms. The SMILES string of the molecule is C[C@@H]1CCCC[C@H]1NC(=O)[C@@]1(C)Cn2c(cc3sccc32)C(=O)N1C1CCCCCC1. The maximum absolute atomic E-state index is 13.9. The van der Waals surface area contributed by atoms with Crippen LogP contribution in [0.3, 0.4) is 0 Å². The lowest BCUT2D eigenvalue weighted by Crippen LogP contribution is -2.67. The van der Waals surface area contributed by atoms with Crippen molar-refractivity contribution in [3.05, 3.63) is 23.2 Å². The third-order valence-corrected chi connectivity index (χ3v) is 8.92. The van der Waals surface area contributed by atoms with Crippen LogP contribution < -0.4 is 5.32 Å².